The molecular formula is C16H31F2NO. The van der Waals surface area contributed by atoms with Gasteiger partial charge in [-0.05, 0) is 12.8 Å². The quantitative estimate of drug-likeness (QED) is 0.726. The van der Waals surface area contributed by atoms with Gasteiger partial charge in [0.15, 0.2) is 0 Å². The van der Waals surface area contributed by atoms with Gasteiger partial charge in [0.1, 0.15) is 6.61 Å². The third-order valence-corrected chi connectivity index (χ3v) is 4.03. The summed E-state index contributed by atoms with van der Waals surface area (Å²) >= 11 is 0. The van der Waals surface area contributed by atoms with Crippen molar-refractivity contribution in [1.82, 2.24) is 5.32 Å². The zero-order valence-corrected chi connectivity index (χ0v) is 12.7. The van der Waals surface area contributed by atoms with Crippen molar-refractivity contribution in [3.63, 3.8) is 0 Å². The highest BCUT2D eigenvalue weighted by Crippen LogP contribution is 2.16. The van der Waals surface area contributed by atoms with Crippen molar-refractivity contribution in [1.29, 1.82) is 0 Å². The molecule has 0 radical (unpaired) electrons. The molecule has 120 valence electrons. The monoisotopic (exact) mass is 291 g/mol. The second-order valence-electron chi connectivity index (χ2n) is 5.88. The maximum Gasteiger partial charge on any atom is 0.261 e. The number of ether oxygens (including phenoxy) is 1. The summed E-state index contributed by atoms with van der Waals surface area (Å²) in [6.07, 6.45) is 12.2. The molecule has 1 N–H and O–H groups in total. The first-order valence-corrected chi connectivity index (χ1v) is 8.38. The molecule has 0 aromatic rings. The van der Waals surface area contributed by atoms with Crippen LogP contribution >= 0.6 is 0 Å². The summed E-state index contributed by atoms with van der Waals surface area (Å²) in [7, 11) is 0. The van der Waals surface area contributed by atoms with Gasteiger partial charge in [-0.1, -0.05) is 57.8 Å². The first-order valence-electron chi connectivity index (χ1n) is 8.38. The Morgan fingerprint density at radius 3 is 1.85 bits per heavy atom. The number of rotatable bonds is 6. The molecule has 0 aromatic heterocycles. The van der Waals surface area contributed by atoms with E-state index >= 15 is 0 Å². The Labute approximate surface area is 122 Å². The van der Waals surface area contributed by atoms with Gasteiger partial charge >= 0.3 is 0 Å². The molecule has 1 aliphatic carbocycles. The van der Waals surface area contributed by atoms with Crippen LogP contribution in [0.2, 0.25) is 0 Å². The Balaban J connectivity index is 2.11. The van der Waals surface area contributed by atoms with E-state index in [2.05, 4.69) is 5.32 Å². The smallest absolute Gasteiger partial charge is 0.261 e. The standard InChI is InChI=1S/C16H31F2NO/c17-16(18)14-20-13-12-19-15-10-8-6-4-2-1-3-5-7-9-11-15/h15-16,19H,1-14H2. The van der Waals surface area contributed by atoms with E-state index < -0.39 is 13.0 Å². The summed E-state index contributed by atoms with van der Waals surface area (Å²) in [6.45, 7) is 0.643. The van der Waals surface area contributed by atoms with Gasteiger partial charge < -0.3 is 10.1 Å². The van der Waals surface area contributed by atoms with Gasteiger partial charge in [0, 0.05) is 12.6 Å². The molecule has 0 aromatic carbocycles. The zero-order valence-electron chi connectivity index (χ0n) is 12.7. The fourth-order valence-electron chi connectivity index (χ4n) is 2.88. The van der Waals surface area contributed by atoms with Crippen molar-refractivity contribution < 1.29 is 13.5 Å². The van der Waals surface area contributed by atoms with E-state index in [1.807, 2.05) is 0 Å². The summed E-state index contributed by atoms with van der Waals surface area (Å²) < 4.78 is 28.8. The predicted octanol–water partition coefficient (Wildman–Crippen LogP) is 4.53. The molecule has 0 amide bonds. The largest absolute Gasteiger partial charge is 0.374 e. The Morgan fingerprint density at radius 1 is 0.850 bits per heavy atom. The minimum Gasteiger partial charge on any atom is -0.374 e. The molecule has 1 saturated carbocycles. The van der Waals surface area contributed by atoms with Crippen LogP contribution in [0.15, 0.2) is 0 Å². The normalized spacial score (nSPS) is 20.6. The van der Waals surface area contributed by atoms with Gasteiger partial charge in [0.25, 0.3) is 6.43 Å². The number of halogens is 2. The lowest BCUT2D eigenvalue weighted by Crippen LogP contribution is -2.32. The van der Waals surface area contributed by atoms with Crippen LogP contribution in [0.1, 0.15) is 70.6 Å². The predicted molar refractivity (Wildman–Crippen MR) is 79.4 cm³/mol. The number of hydrogen-bond acceptors (Lipinski definition) is 2. The van der Waals surface area contributed by atoms with Crippen LogP contribution in [0.5, 0.6) is 0 Å². The molecule has 0 unspecified atom stereocenters. The molecule has 0 heterocycles. The minimum atomic E-state index is -2.35. The van der Waals surface area contributed by atoms with E-state index in [1.165, 1.54) is 70.6 Å². The Kier molecular flexibility index (Phi) is 11.2. The van der Waals surface area contributed by atoms with E-state index in [4.69, 9.17) is 4.74 Å². The van der Waals surface area contributed by atoms with Crippen LogP contribution in [0.25, 0.3) is 0 Å². The van der Waals surface area contributed by atoms with Gasteiger partial charge in [0.2, 0.25) is 0 Å². The summed E-state index contributed by atoms with van der Waals surface area (Å²) in [5.74, 6) is 0. The fraction of sp³-hybridized carbons (Fsp3) is 1.00. The van der Waals surface area contributed by atoms with Gasteiger partial charge in [-0.3, -0.25) is 0 Å². The van der Waals surface area contributed by atoms with Crippen LogP contribution in [0.4, 0.5) is 8.78 Å². The van der Waals surface area contributed by atoms with Gasteiger partial charge in [-0.2, -0.15) is 0 Å². The molecule has 0 atom stereocenters. The average Bonchev–Trinajstić information content (AvgIpc) is 2.40. The summed E-state index contributed by atoms with van der Waals surface area (Å²) in [4.78, 5) is 0. The SMILES string of the molecule is FC(F)COCCNC1CCCCCCCCCCC1. The van der Waals surface area contributed by atoms with Crippen molar-refractivity contribution in [3.8, 4) is 0 Å². The minimum absolute atomic E-state index is 0.390. The summed E-state index contributed by atoms with van der Waals surface area (Å²) in [5.41, 5.74) is 0. The van der Waals surface area contributed by atoms with Crippen LogP contribution in [-0.4, -0.2) is 32.2 Å². The van der Waals surface area contributed by atoms with Gasteiger partial charge in [-0.25, -0.2) is 8.78 Å². The van der Waals surface area contributed by atoms with Crippen LogP contribution in [-0.2, 0) is 4.74 Å². The number of hydrogen-bond donors (Lipinski definition) is 1. The molecule has 1 aliphatic rings. The zero-order chi connectivity index (χ0) is 14.5. The maximum atomic E-state index is 11.9. The van der Waals surface area contributed by atoms with Crippen molar-refractivity contribution >= 4 is 0 Å². The van der Waals surface area contributed by atoms with Crippen LogP contribution in [0, 0.1) is 0 Å². The Morgan fingerprint density at radius 2 is 1.35 bits per heavy atom. The summed E-state index contributed by atoms with van der Waals surface area (Å²) in [5, 5.41) is 3.48. The third-order valence-electron chi connectivity index (χ3n) is 4.03. The lowest BCUT2D eigenvalue weighted by Gasteiger charge is -2.19. The molecule has 0 bridgehead atoms. The number of nitrogens with one attached hydrogen (secondary N) is 1. The lowest BCUT2D eigenvalue weighted by molar-refractivity contribution is 0.0180. The van der Waals surface area contributed by atoms with E-state index in [0.29, 0.717) is 19.2 Å². The lowest BCUT2D eigenvalue weighted by atomic mass is 9.98. The van der Waals surface area contributed by atoms with Crippen LogP contribution in [0.3, 0.4) is 0 Å². The summed E-state index contributed by atoms with van der Waals surface area (Å²) in [6, 6.07) is 0.546. The average molecular weight is 291 g/mol. The molecule has 1 rings (SSSR count). The van der Waals surface area contributed by atoms with Crippen molar-refractivity contribution in [3.05, 3.63) is 0 Å². The van der Waals surface area contributed by atoms with E-state index in [1.54, 1.807) is 0 Å². The van der Waals surface area contributed by atoms with Gasteiger partial charge in [0.05, 0.1) is 6.61 Å². The second-order valence-corrected chi connectivity index (χ2v) is 5.88. The molecular weight excluding hydrogens is 260 g/mol. The van der Waals surface area contributed by atoms with E-state index in [9.17, 15) is 8.78 Å². The molecule has 4 heteroatoms. The molecule has 0 aliphatic heterocycles. The van der Waals surface area contributed by atoms with Crippen molar-refractivity contribution in [2.75, 3.05) is 19.8 Å². The highest BCUT2D eigenvalue weighted by Gasteiger charge is 2.09. The Hall–Kier alpha value is -0.220. The van der Waals surface area contributed by atoms with E-state index in [-0.39, 0.29) is 0 Å². The molecule has 1 fully saturated rings. The molecule has 20 heavy (non-hydrogen) atoms. The topological polar surface area (TPSA) is 21.3 Å². The number of alkyl halides is 2. The van der Waals surface area contributed by atoms with Crippen LogP contribution < -0.4 is 5.32 Å². The highest BCUT2D eigenvalue weighted by atomic mass is 19.3. The van der Waals surface area contributed by atoms with Crippen molar-refractivity contribution in [2.45, 2.75) is 83.1 Å². The van der Waals surface area contributed by atoms with Gasteiger partial charge in [-0.15, -0.1) is 0 Å². The maximum absolute atomic E-state index is 11.9. The first-order chi connectivity index (χ1) is 9.79. The third kappa shape index (κ3) is 10.6. The second kappa shape index (κ2) is 12.5. The highest BCUT2D eigenvalue weighted by molar-refractivity contribution is 4.68. The first kappa shape index (κ1) is 17.8. The molecule has 0 saturated heterocycles. The van der Waals surface area contributed by atoms with Crippen molar-refractivity contribution in [2.24, 2.45) is 0 Å². The van der Waals surface area contributed by atoms with E-state index in [0.717, 1.165) is 0 Å². The molecule has 2 nitrogen and oxygen atoms in total. The fourth-order valence-corrected chi connectivity index (χ4v) is 2.88. The molecule has 0 spiro atoms. The Bertz CT molecular complexity index is 203.